The van der Waals surface area contributed by atoms with Crippen LogP contribution in [0.2, 0.25) is 5.02 Å². The van der Waals surface area contributed by atoms with E-state index in [9.17, 15) is 14.4 Å². The van der Waals surface area contributed by atoms with E-state index < -0.39 is 11.9 Å². The van der Waals surface area contributed by atoms with Crippen LogP contribution in [0.4, 0.5) is 0 Å². The number of carbonyl (C=O) groups is 3. The first-order valence-corrected chi connectivity index (χ1v) is 8.58. The Morgan fingerprint density at radius 2 is 1.56 bits per heavy atom. The molecule has 0 unspecified atom stereocenters. The fraction of sp³-hybridized carbons (Fsp3) is 0.211. The van der Waals surface area contributed by atoms with Crippen LogP contribution in [0.15, 0.2) is 48.5 Å². The summed E-state index contributed by atoms with van der Waals surface area (Å²) in [6.07, 6.45) is 0.105. The van der Waals surface area contributed by atoms with Crippen molar-refractivity contribution in [3.63, 3.8) is 0 Å². The lowest BCUT2D eigenvalue weighted by Gasteiger charge is -2.09. The predicted octanol–water partition coefficient (Wildman–Crippen LogP) is 2.29. The number of esters is 1. The first-order valence-electron chi connectivity index (χ1n) is 8.20. The maximum atomic E-state index is 11.8. The first kappa shape index (κ1) is 20.3. The molecule has 0 aromatic heterocycles. The highest BCUT2D eigenvalue weighted by atomic mass is 35.5. The molecule has 0 bridgehead atoms. The van der Waals surface area contributed by atoms with Crippen molar-refractivity contribution in [2.75, 3.05) is 13.2 Å². The molecule has 0 radical (unpaired) electrons. The van der Waals surface area contributed by atoms with Gasteiger partial charge in [0, 0.05) is 5.02 Å². The van der Waals surface area contributed by atoms with E-state index in [0.717, 1.165) is 5.56 Å². The standard InChI is InChI=1S/C19H19ClN2O5/c1-2-26-19(25)14-5-9-16(10-6-14)27-12-18(24)22-21-17(23)11-13-3-7-15(20)8-4-13/h3-10H,2,11-12H2,1H3,(H,21,23)(H,22,24). The van der Waals surface area contributed by atoms with Gasteiger partial charge >= 0.3 is 5.97 Å². The van der Waals surface area contributed by atoms with Crippen molar-refractivity contribution >= 4 is 29.4 Å². The van der Waals surface area contributed by atoms with Crippen LogP contribution < -0.4 is 15.6 Å². The van der Waals surface area contributed by atoms with Gasteiger partial charge in [0.25, 0.3) is 5.91 Å². The Morgan fingerprint density at radius 3 is 2.19 bits per heavy atom. The van der Waals surface area contributed by atoms with Crippen LogP contribution in [0, 0.1) is 0 Å². The van der Waals surface area contributed by atoms with Crippen molar-refractivity contribution in [3.05, 3.63) is 64.7 Å². The van der Waals surface area contributed by atoms with Gasteiger partial charge in [0.1, 0.15) is 5.75 Å². The maximum absolute atomic E-state index is 11.8. The molecule has 27 heavy (non-hydrogen) atoms. The Morgan fingerprint density at radius 1 is 0.926 bits per heavy atom. The molecular weight excluding hydrogens is 372 g/mol. The first-order chi connectivity index (χ1) is 13.0. The molecule has 0 atom stereocenters. The number of hydrazine groups is 1. The molecule has 8 heteroatoms. The van der Waals surface area contributed by atoms with Gasteiger partial charge in [-0.15, -0.1) is 0 Å². The lowest BCUT2D eigenvalue weighted by atomic mass is 10.1. The number of halogens is 1. The van der Waals surface area contributed by atoms with Gasteiger partial charge in [0.15, 0.2) is 6.61 Å². The molecule has 7 nitrogen and oxygen atoms in total. The number of carbonyl (C=O) groups excluding carboxylic acids is 3. The van der Waals surface area contributed by atoms with Gasteiger partial charge in [-0.05, 0) is 48.9 Å². The van der Waals surface area contributed by atoms with Gasteiger partial charge in [0.05, 0.1) is 18.6 Å². The second-order valence-corrected chi connectivity index (χ2v) is 5.87. The Bertz CT molecular complexity index is 791. The van der Waals surface area contributed by atoms with Gasteiger partial charge in [-0.25, -0.2) is 4.79 Å². The van der Waals surface area contributed by atoms with E-state index in [-0.39, 0.29) is 18.9 Å². The van der Waals surface area contributed by atoms with Crippen molar-refractivity contribution in [2.24, 2.45) is 0 Å². The van der Waals surface area contributed by atoms with E-state index in [2.05, 4.69) is 10.9 Å². The SMILES string of the molecule is CCOC(=O)c1ccc(OCC(=O)NNC(=O)Cc2ccc(Cl)cc2)cc1. The van der Waals surface area contributed by atoms with Gasteiger partial charge in [-0.2, -0.15) is 0 Å². The molecule has 0 heterocycles. The Kier molecular flexibility index (Phi) is 7.63. The smallest absolute Gasteiger partial charge is 0.338 e. The van der Waals surface area contributed by atoms with E-state index >= 15 is 0 Å². The second kappa shape index (κ2) is 10.2. The minimum atomic E-state index is -0.520. The minimum Gasteiger partial charge on any atom is -0.484 e. The summed E-state index contributed by atoms with van der Waals surface area (Å²) in [5.41, 5.74) is 5.73. The second-order valence-electron chi connectivity index (χ2n) is 5.43. The molecule has 0 aliphatic heterocycles. The molecule has 2 aromatic carbocycles. The third-order valence-corrected chi connectivity index (χ3v) is 3.61. The Balaban J connectivity index is 1.71. The van der Waals surface area contributed by atoms with E-state index in [1.54, 1.807) is 55.5 Å². The van der Waals surface area contributed by atoms with Crippen molar-refractivity contribution in [1.82, 2.24) is 10.9 Å². The summed E-state index contributed by atoms with van der Waals surface area (Å²) in [7, 11) is 0. The molecule has 0 spiro atoms. The summed E-state index contributed by atoms with van der Waals surface area (Å²) < 4.78 is 10.2. The zero-order valence-corrected chi connectivity index (χ0v) is 15.4. The molecule has 0 fully saturated rings. The van der Waals surface area contributed by atoms with Crippen LogP contribution in [-0.2, 0) is 20.7 Å². The zero-order chi connectivity index (χ0) is 19.6. The van der Waals surface area contributed by atoms with Crippen molar-refractivity contribution in [2.45, 2.75) is 13.3 Å². The predicted molar refractivity (Wildman–Crippen MR) is 99.3 cm³/mol. The average molecular weight is 391 g/mol. The number of hydrogen-bond donors (Lipinski definition) is 2. The number of hydrogen-bond acceptors (Lipinski definition) is 5. The van der Waals surface area contributed by atoms with Crippen LogP contribution in [0.5, 0.6) is 5.75 Å². The van der Waals surface area contributed by atoms with Crippen molar-refractivity contribution in [1.29, 1.82) is 0 Å². The largest absolute Gasteiger partial charge is 0.484 e. The zero-order valence-electron chi connectivity index (χ0n) is 14.7. The van der Waals surface area contributed by atoms with Gasteiger partial charge in [-0.1, -0.05) is 23.7 Å². The molecule has 0 saturated carbocycles. The van der Waals surface area contributed by atoms with E-state index in [0.29, 0.717) is 22.9 Å². The number of amides is 2. The molecule has 142 valence electrons. The van der Waals surface area contributed by atoms with Crippen molar-refractivity contribution < 1.29 is 23.9 Å². The highest BCUT2D eigenvalue weighted by Crippen LogP contribution is 2.13. The minimum absolute atomic E-state index is 0.105. The molecule has 2 aromatic rings. The number of rotatable bonds is 7. The third kappa shape index (κ3) is 6.99. The molecule has 0 saturated heterocycles. The van der Waals surface area contributed by atoms with Crippen molar-refractivity contribution in [3.8, 4) is 5.75 Å². The monoisotopic (exact) mass is 390 g/mol. The lowest BCUT2D eigenvalue weighted by Crippen LogP contribution is -2.44. The molecular formula is C19H19ClN2O5. The van der Waals surface area contributed by atoms with Crippen LogP contribution in [0.25, 0.3) is 0 Å². The molecule has 0 aliphatic carbocycles. The van der Waals surface area contributed by atoms with Gasteiger partial charge < -0.3 is 9.47 Å². The highest BCUT2D eigenvalue weighted by molar-refractivity contribution is 6.30. The summed E-state index contributed by atoms with van der Waals surface area (Å²) in [5.74, 6) is -0.908. The van der Waals surface area contributed by atoms with E-state index in [4.69, 9.17) is 21.1 Å². The molecule has 0 aliphatic rings. The quantitative estimate of drug-likeness (QED) is 0.558. The van der Waals surface area contributed by atoms with Gasteiger partial charge in [0.2, 0.25) is 5.91 Å². The fourth-order valence-electron chi connectivity index (χ4n) is 2.06. The summed E-state index contributed by atoms with van der Waals surface area (Å²) >= 11 is 5.78. The van der Waals surface area contributed by atoms with Crippen LogP contribution in [0.3, 0.4) is 0 Å². The summed E-state index contributed by atoms with van der Waals surface area (Å²) in [5, 5.41) is 0.583. The van der Waals surface area contributed by atoms with E-state index in [1.807, 2.05) is 0 Å². The maximum Gasteiger partial charge on any atom is 0.338 e. The van der Waals surface area contributed by atoms with Gasteiger partial charge in [-0.3, -0.25) is 20.4 Å². The average Bonchev–Trinajstić information content (AvgIpc) is 2.67. The van der Waals surface area contributed by atoms with Crippen LogP contribution in [0.1, 0.15) is 22.8 Å². The fourth-order valence-corrected chi connectivity index (χ4v) is 2.18. The number of benzene rings is 2. The number of ether oxygens (including phenoxy) is 2. The molecule has 2 N–H and O–H groups in total. The Labute approximate surface area is 161 Å². The summed E-state index contributed by atoms with van der Waals surface area (Å²) in [6.45, 7) is 1.73. The highest BCUT2D eigenvalue weighted by Gasteiger charge is 2.08. The summed E-state index contributed by atoms with van der Waals surface area (Å²) in [4.78, 5) is 35.1. The van der Waals surface area contributed by atoms with Crippen LogP contribution in [-0.4, -0.2) is 31.0 Å². The lowest BCUT2D eigenvalue weighted by molar-refractivity contribution is -0.129. The molecule has 2 rings (SSSR count). The normalized spacial score (nSPS) is 10.0. The van der Waals surface area contributed by atoms with E-state index in [1.165, 1.54) is 0 Å². The summed E-state index contributed by atoms with van der Waals surface area (Å²) in [6, 6.07) is 13.0. The molecule has 2 amide bonds. The number of nitrogens with one attached hydrogen (secondary N) is 2. The topological polar surface area (TPSA) is 93.7 Å². The Hall–Kier alpha value is -3.06. The van der Waals surface area contributed by atoms with Crippen LogP contribution >= 0.6 is 11.6 Å². The third-order valence-electron chi connectivity index (χ3n) is 3.35.